The van der Waals surface area contributed by atoms with Crippen molar-refractivity contribution in [1.29, 1.82) is 0 Å². The van der Waals surface area contributed by atoms with Crippen LogP contribution in [-0.2, 0) is 4.79 Å². The van der Waals surface area contributed by atoms with Gasteiger partial charge in [0.1, 0.15) is 0 Å². The van der Waals surface area contributed by atoms with E-state index >= 15 is 0 Å². The van der Waals surface area contributed by atoms with Gasteiger partial charge in [-0.25, -0.2) is 4.79 Å². The molecule has 0 aliphatic carbocycles. The van der Waals surface area contributed by atoms with Crippen molar-refractivity contribution in [2.45, 2.75) is 20.3 Å². The highest BCUT2D eigenvalue weighted by Gasteiger charge is 2.02. The lowest BCUT2D eigenvalue weighted by atomic mass is 10.4. The van der Waals surface area contributed by atoms with Crippen LogP contribution in [0.5, 0.6) is 0 Å². The average molecular weight is 157 g/mol. The number of amides is 3. The van der Waals surface area contributed by atoms with E-state index in [1.807, 2.05) is 6.92 Å². The molecule has 0 heterocycles. The van der Waals surface area contributed by atoms with Gasteiger partial charge in [-0.15, -0.1) is 0 Å². The summed E-state index contributed by atoms with van der Waals surface area (Å²) in [6.07, 6.45) is 2.16. The minimum absolute atomic E-state index is 0.376. The third-order valence-electron chi connectivity index (χ3n) is 1.03. The minimum atomic E-state index is -0.435. The smallest absolute Gasteiger partial charge is 0.321 e. The van der Waals surface area contributed by atoms with Gasteiger partial charge in [-0.3, -0.25) is 10.1 Å². The number of carbonyl (C=O) groups is 2. The van der Waals surface area contributed by atoms with Crippen LogP contribution >= 0.6 is 0 Å². The molecule has 1 radical (unpaired) electrons. The molecule has 4 nitrogen and oxygen atoms in total. The maximum absolute atomic E-state index is 10.7. The fraction of sp³-hybridized carbons (Fsp3) is 0.571. The fourth-order valence-electron chi connectivity index (χ4n) is 0.467. The summed E-state index contributed by atoms with van der Waals surface area (Å²) < 4.78 is 0. The Morgan fingerprint density at radius 1 is 1.45 bits per heavy atom. The largest absolute Gasteiger partial charge is 0.338 e. The summed E-state index contributed by atoms with van der Waals surface area (Å²) in [5.74, 6) is -0.376. The van der Waals surface area contributed by atoms with E-state index in [1.165, 1.54) is 6.42 Å². The Labute approximate surface area is 66.4 Å². The summed E-state index contributed by atoms with van der Waals surface area (Å²) >= 11 is 0. The normalized spacial score (nSPS) is 8.91. The molecule has 63 valence electrons. The molecule has 0 saturated heterocycles. The van der Waals surface area contributed by atoms with Gasteiger partial charge in [0.2, 0.25) is 5.91 Å². The van der Waals surface area contributed by atoms with E-state index in [4.69, 9.17) is 0 Å². The van der Waals surface area contributed by atoms with Gasteiger partial charge >= 0.3 is 6.03 Å². The maximum Gasteiger partial charge on any atom is 0.321 e. The molecular formula is C7H13N2O2. The predicted molar refractivity (Wildman–Crippen MR) is 41.8 cm³/mol. The monoisotopic (exact) mass is 157 g/mol. The first-order valence-corrected chi connectivity index (χ1v) is 3.58. The number of hydrogen-bond donors (Lipinski definition) is 2. The second-order valence-corrected chi connectivity index (χ2v) is 2.03. The highest BCUT2D eigenvalue weighted by Crippen LogP contribution is 1.74. The Morgan fingerprint density at radius 2 is 2.09 bits per heavy atom. The quantitative estimate of drug-likeness (QED) is 0.624. The Bertz CT molecular complexity index is 145. The van der Waals surface area contributed by atoms with Gasteiger partial charge in [0, 0.05) is 13.0 Å². The Hall–Kier alpha value is -1.06. The van der Waals surface area contributed by atoms with Crippen molar-refractivity contribution in [3.8, 4) is 0 Å². The first kappa shape index (κ1) is 9.94. The Morgan fingerprint density at radius 3 is 2.55 bits per heavy atom. The third kappa shape index (κ3) is 5.39. The Balaban J connectivity index is 3.44. The van der Waals surface area contributed by atoms with E-state index in [2.05, 4.69) is 10.6 Å². The molecule has 2 N–H and O–H groups in total. The van der Waals surface area contributed by atoms with Crippen LogP contribution in [0.3, 0.4) is 0 Å². The van der Waals surface area contributed by atoms with Crippen molar-refractivity contribution < 1.29 is 9.59 Å². The molecule has 0 aromatic carbocycles. The summed E-state index contributed by atoms with van der Waals surface area (Å²) in [7, 11) is 0. The molecular weight excluding hydrogens is 144 g/mol. The summed E-state index contributed by atoms with van der Waals surface area (Å²) in [5, 5.41) is 4.63. The van der Waals surface area contributed by atoms with Gasteiger partial charge in [-0.1, -0.05) is 13.8 Å². The van der Waals surface area contributed by atoms with Crippen LogP contribution in [-0.4, -0.2) is 18.5 Å². The molecule has 0 bridgehead atoms. The van der Waals surface area contributed by atoms with E-state index in [0.29, 0.717) is 6.54 Å². The minimum Gasteiger partial charge on any atom is -0.338 e. The predicted octanol–water partition coefficient (Wildman–Crippen LogP) is 0.446. The third-order valence-corrected chi connectivity index (χ3v) is 1.03. The van der Waals surface area contributed by atoms with Crippen molar-refractivity contribution in [2.75, 3.05) is 6.54 Å². The molecule has 0 unspecified atom stereocenters. The van der Waals surface area contributed by atoms with Gasteiger partial charge < -0.3 is 5.32 Å². The van der Waals surface area contributed by atoms with E-state index in [9.17, 15) is 9.59 Å². The van der Waals surface area contributed by atoms with Crippen LogP contribution in [0.2, 0.25) is 0 Å². The van der Waals surface area contributed by atoms with Gasteiger partial charge in [0.05, 0.1) is 0 Å². The summed E-state index contributed by atoms with van der Waals surface area (Å²) in [4.78, 5) is 21.3. The lowest BCUT2D eigenvalue weighted by molar-refractivity contribution is -0.116. The first-order valence-electron chi connectivity index (χ1n) is 3.58. The number of rotatable bonds is 3. The maximum atomic E-state index is 10.7. The van der Waals surface area contributed by atoms with Crippen molar-refractivity contribution in [3.05, 3.63) is 6.42 Å². The van der Waals surface area contributed by atoms with E-state index in [1.54, 1.807) is 6.92 Å². The zero-order valence-electron chi connectivity index (χ0n) is 6.81. The van der Waals surface area contributed by atoms with Crippen LogP contribution in [0, 0.1) is 6.42 Å². The van der Waals surface area contributed by atoms with Crippen molar-refractivity contribution in [2.24, 2.45) is 0 Å². The number of nitrogens with one attached hydrogen (secondary N) is 2. The second-order valence-electron chi connectivity index (χ2n) is 2.03. The summed E-state index contributed by atoms with van der Waals surface area (Å²) in [6.45, 7) is 4.10. The molecule has 0 aliphatic rings. The standard InChI is InChI=1S/C7H13N2O2/c1-3-5-8-7(11)9-6(10)4-2/h4H,3,5H2,1-2H3,(H2,8,9,10,11). The second kappa shape index (κ2) is 5.70. The number of imide groups is 1. The molecule has 0 aromatic heterocycles. The van der Waals surface area contributed by atoms with Gasteiger partial charge in [0.15, 0.2) is 0 Å². The molecule has 0 fully saturated rings. The van der Waals surface area contributed by atoms with E-state index in [0.717, 1.165) is 6.42 Å². The van der Waals surface area contributed by atoms with Crippen molar-refractivity contribution in [1.82, 2.24) is 10.6 Å². The molecule has 0 saturated carbocycles. The van der Waals surface area contributed by atoms with Crippen LogP contribution in [0.25, 0.3) is 0 Å². The molecule has 4 heteroatoms. The van der Waals surface area contributed by atoms with Gasteiger partial charge in [-0.2, -0.15) is 0 Å². The molecule has 0 aliphatic heterocycles. The highest BCUT2D eigenvalue weighted by atomic mass is 16.2. The lowest BCUT2D eigenvalue weighted by Gasteiger charge is -2.02. The van der Waals surface area contributed by atoms with Crippen LogP contribution in [0.15, 0.2) is 0 Å². The summed E-state index contributed by atoms with van der Waals surface area (Å²) in [5.41, 5.74) is 0. The SMILES string of the molecule is C[CH]C(=O)NC(=O)NCCC. The molecule has 0 atom stereocenters. The van der Waals surface area contributed by atoms with Gasteiger partial charge in [-0.05, 0) is 6.42 Å². The van der Waals surface area contributed by atoms with E-state index < -0.39 is 6.03 Å². The molecule has 0 rings (SSSR count). The van der Waals surface area contributed by atoms with E-state index in [-0.39, 0.29) is 5.91 Å². The molecule has 3 amide bonds. The fourth-order valence-corrected chi connectivity index (χ4v) is 0.467. The lowest BCUT2D eigenvalue weighted by Crippen LogP contribution is -2.39. The summed E-state index contributed by atoms with van der Waals surface area (Å²) in [6, 6.07) is -0.435. The van der Waals surface area contributed by atoms with Gasteiger partial charge in [0.25, 0.3) is 0 Å². The number of hydrogen-bond acceptors (Lipinski definition) is 2. The van der Waals surface area contributed by atoms with Crippen LogP contribution in [0.1, 0.15) is 20.3 Å². The highest BCUT2D eigenvalue weighted by molar-refractivity contribution is 5.98. The van der Waals surface area contributed by atoms with Crippen molar-refractivity contribution >= 4 is 11.9 Å². The Kier molecular flexibility index (Phi) is 5.15. The first-order chi connectivity index (χ1) is 5.20. The topological polar surface area (TPSA) is 58.2 Å². The molecule has 0 spiro atoms. The van der Waals surface area contributed by atoms with Crippen LogP contribution in [0.4, 0.5) is 4.79 Å². The molecule has 0 aromatic rings. The molecule has 11 heavy (non-hydrogen) atoms. The number of carbonyl (C=O) groups excluding carboxylic acids is 2. The zero-order valence-corrected chi connectivity index (χ0v) is 6.81. The van der Waals surface area contributed by atoms with Crippen LogP contribution < -0.4 is 10.6 Å². The zero-order chi connectivity index (χ0) is 8.69. The van der Waals surface area contributed by atoms with Crippen molar-refractivity contribution in [3.63, 3.8) is 0 Å². The number of urea groups is 1. The average Bonchev–Trinajstić information content (AvgIpc) is 2.00.